The van der Waals surface area contributed by atoms with Gasteiger partial charge in [-0.1, -0.05) is 0 Å². The van der Waals surface area contributed by atoms with Crippen molar-refractivity contribution in [1.29, 1.82) is 0 Å². The molecule has 94 valence electrons. The summed E-state index contributed by atoms with van der Waals surface area (Å²) in [6, 6.07) is 3.34. The zero-order valence-corrected chi connectivity index (χ0v) is 9.07. The summed E-state index contributed by atoms with van der Waals surface area (Å²) in [6.07, 6.45) is -5.72. The zero-order chi connectivity index (χ0) is 13.1. The number of rotatable bonds is 3. The van der Waals surface area contributed by atoms with Crippen molar-refractivity contribution in [3.8, 4) is 0 Å². The number of amides is 1. The predicted octanol–water partition coefficient (Wildman–Crippen LogP) is 3.28. The lowest BCUT2D eigenvalue weighted by molar-refractivity contribution is -0.133. The van der Waals surface area contributed by atoms with E-state index in [0.717, 1.165) is 12.1 Å². The minimum atomic E-state index is -4.31. The number of hydrogen-bond acceptors (Lipinski definition) is 1. The molecule has 0 bridgehead atoms. The molecule has 6 heteroatoms. The number of anilines is 1. The fraction of sp³-hybridized carbons (Fsp3) is 0.364. The number of nitrogens with one attached hydrogen (secondary N) is 1. The van der Waals surface area contributed by atoms with Crippen molar-refractivity contribution < 1.29 is 22.4 Å². The minimum absolute atomic E-state index is 0.137. The van der Waals surface area contributed by atoms with Crippen molar-refractivity contribution >= 4 is 11.6 Å². The van der Waals surface area contributed by atoms with E-state index in [2.05, 4.69) is 5.32 Å². The predicted molar refractivity (Wildman–Crippen MR) is 55.1 cm³/mol. The first-order valence-electron chi connectivity index (χ1n) is 4.91. The first-order valence-corrected chi connectivity index (χ1v) is 4.91. The molecular weight excluding hydrogens is 238 g/mol. The van der Waals surface area contributed by atoms with Gasteiger partial charge in [0.15, 0.2) is 0 Å². The van der Waals surface area contributed by atoms with Gasteiger partial charge in [-0.15, -0.1) is 0 Å². The highest BCUT2D eigenvalue weighted by atomic mass is 19.4. The summed E-state index contributed by atoms with van der Waals surface area (Å²) in [5.41, 5.74) is 0.348. The Morgan fingerprint density at radius 3 is 2.53 bits per heavy atom. The van der Waals surface area contributed by atoms with Crippen LogP contribution in [0.15, 0.2) is 18.2 Å². The van der Waals surface area contributed by atoms with Crippen LogP contribution in [-0.2, 0) is 11.2 Å². The molecule has 1 amide bonds. The van der Waals surface area contributed by atoms with Crippen molar-refractivity contribution in [3.63, 3.8) is 0 Å². The molecule has 0 aliphatic rings. The lowest BCUT2D eigenvalue weighted by Crippen LogP contribution is -2.12. The third-order valence-electron chi connectivity index (χ3n) is 2.06. The Bertz CT molecular complexity index is 414. The van der Waals surface area contributed by atoms with E-state index in [4.69, 9.17) is 0 Å². The Hall–Kier alpha value is -1.59. The van der Waals surface area contributed by atoms with Gasteiger partial charge >= 0.3 is 6.18 Å². The molecule has 1 aromatic carbocycles. The summed E-state index contributed by atoms with van der Waals surface area (Å²) in [6.45, 7) is 1.23. The van der Waals surface area contributed by atoms with E-state index in [0.29, 0.717) is 0 Å². The van der Waals surface area contributed by atoms with Crippen molar-refractivity contribution in [2.75, 3.05) is 5.32 Å². The molecule has 0 heterocycles. The smallest absolute Gasteiger partial charge is 0.326 e. The van der Waals surface area contributed by atoms with Crippen LogP contribution in [-0.4, -0.2) is 12.1 Å². The monoisotopic (exact) mass is 249 g/mol. The van der Waals surface area contributed by atoms with E-state index in [1.54, 1.807) is 0 Å². The van der Waals surface area contributed by atoms with Gasteiger partial charge in [0.05, 0.1) is 0 Å². The zero-order valence-electron chi connectivity index (χ0n) is 9.07. The molecule has 1 N–H and O–H groups in total. The maximum atomic E-state index is 12.9. The SMILES string of the molecule is CC(=O)Nc1ccc(F)cc1CCC(F)(F)F. The summed E-state index contributed by atoms with van der Waals surface area (Å²) < 4.78 is 49.1. The summed E-state index contributed by atoms with van der Waals surface area (Å²) in [7, 11) is 0. The van der Waals surface area contributed by atoms with Crippen molar-refractivity contribution in [2.45, 2.75) is 25.9 Å². The maximum Gasteiger partial charge on any atom is 0.389 e. The van der Waals surface area contributed by atoms with Gasteiger partial charge in [0.1, 0.15) is 5.82 Å². The quantitative estimate of drug-likeness (QED) is 0.818. The summed E-state index contributed by atoms with van der Waals surface area (Å²) in [5.74, 6) is -1.04. The first-order chi connectivity index (χ1) is 7.78. The van der Waals surface area contributed by atoms with Crippen LogP contribution in [0.25, 0.3) is 0 Å². The molecule has 1 aromatic rings. The molecule has 0 fully saturated rings. The molecular formula is C11H11F4NO. The molecule has 2 nitrogen and oxygen atoms in total. The number of carbonyl (C=O) groups is 1. The van der Waals surface area contributed by atoms with E-state index in [9.17, 15) is 22.4 Å². The van der Waals surface area contributed by atoms with Crippen LogP contribution >= 0.6 is 0 Å². The van der Waals surface area contributed by atoms with Crippen molar-refractivity contribution in [1.82, 2.24) is 0 Å². The Labute approximate surface area is 95.6 Å². The average Bonchev–Trinajstić information content (AvgIpc) is 2.16. The minimum Gasteiger partial charge on any atom is -0.326 e. The van der Waals surface area contributed by atoms with Crippen LogP contribution in [0.2, 0.25) is 0 Å². The molecule has 1 rings (SSSR count). The highest BCUT2D eigenvalue weighted by molar-refractivity contribution is 5.89. The Morgan fingerprint density at radius 2 is 2.00 bits per heavy atom. The van der Waals surface area contributed by atoms with Crippen LogP contribution in [0.1, 0.15) is 18.9 Å². The molecule has 0 radical (unpaired) electrons. The van der Waals surface area contributed by atoms with Crippen LogP contribution in [0.5, 0.6) is 0 Å². The molecule has 0 aromatic heterocycles. The second-order valence-electron chi connectivity index (χ2n) is 3.60. The van der Waals surface area contributed by atoms with Gasteiger partial charge in [-0.25, -0.2) is 4.39 Å². The van der Waals surface area contributed by atoms with Crippen LogP contribution < -0.4 is 5.32 Å². The Balaban J connectivity index is 2.87. The molecule has 0 spiro atoms. The van der Waals surface area contributed by atoms with Crippen LogP contribution in [0, 0.1) is 5.82 Å². The number of halogens is 4. The Kier molecular flexibility index (Phi) is 4.09. The molecule has 0 saturated carbocycles. The summed E-state index contributed by atoms with van der Waals surface area (Å²) in [4.78, 5) is 10.8. The molecule has 0 aliphatic heterocycles. The summed E-state index contributed by atoms with van der Waals surface area (Å²) >= 11 is 0. The number of alkyl halides is 3. The Morgan fingerprint density at radius 1 is 1.35 bits per heavy atom. The van der Waals surface area contributed by atoms with Gasteiger partial charge < -0.3 is 5.32 Å². The second-order valence-corrected chi connectivity index (χ2v) is 3.60. The maximum absolute atomic E-state index is 12.9. The largest absolute Gasteiger partial charge is 0.389 e. The molecule has 0 atom stereocenters. The van der Waals surface area contributed by atoms with Gasteiger partial charge in [-0.3, -0.25) is 4.79 Å². The van der Waals surface area contributed by atoms with E-state index in [-0.39, 0.29) is 17.7 Å². The fourth-order valence-electron chi connectivity index (χ4n) is 1.36. The third-order valence-corrected chi connectivity index (χ3v) is 2.06. The first kappa shape index (κ1) is 13.5. The van der Waals surface area contributed by atoms with E-state index >= 15 is 0 Å². The number of carbonyl (C=O) groups excluding carboxylic acids is 1. The molecule has 17 heavy (non-hydrogen) atoms. The summed E-state index contributed by atoms with van der Waals surface area (Å²) in [5, 5.41) is 2.36. The topological polar surface area (TPSA) is 29.1 Å². The van der Waals surface area contributed by atoms with Crippen molar-refractivity contribution in [2.24, 2.45) is 0 Å². The van der Waals surface area contributed by atoms with Gasteiger partial charge in [0, 0.05) is 19.0 Å². The van der Waals surface area contributed by atoms with Crippen molar-refractivity contribution in [3.05, 3.63) is 29.6 Å². The van der Waals surface area contributed by atoms with Crippen LogP contribution in [0.3, 0.4) is 0 Å². The van der Waals surface area contributed by atoms with E-state index < -0.39 is 24.3 Å². The van der Waals surface area contributed by atoms with Gasteiger partial charge in [-0.05, 0) is 30.2 Å². The highest BCUT2D eigenvalue weighted by Crippen LogP contribution is 2.25. The number of hydrogen-bond donors (Lipinski definition) is 1. The lowest BCUT2D eigenvalue weighted by Gasteiger charge is -2.11. The molecule has 0 aliphatic carbocycles. The van der Waals surface area contributed by atoms with E-state index in [1.165, 1.54) is 13.0 Å². The molecule has 0 saturated heterocycles. The molecule has 0 unspecified atom stereocenters. The van der Waals surface area contributed by atoms with E-state index in [1.807, 2.05) is 0 Å². The standard InChI is InChI=1S/C11H11F4NO/c1-7(17)16-10-3-2-9(12)6-8(10)4-5-11(13,14)15/h2-3,6H,4-5H2,1H3,(H,16,17). The fourth-order valence-corrected chi connectivity index (χ4v) is 1.36. The normalized spacial score (nSPS) is 11.4. The second kappa shape index (κ2) is 5.16. The number of benzene rings is 1. The lowest BCUT2D eigenvalue weighted by atomic mass is 10.1. The number of aryl methyl sites for hydroxylation is 1. The third kappa shape index (κ3) is 4.84. The van der Waals surface area contributed by atoms with Gasteiger partial charge in [0.2, 0.25) is 5.91 Å². The highest BCUT2D eigenvalue weighted by Gasteiger charge is 2.27. The van der Waals surface area contributed by atoms with Gasteiger partial charge in [0.25, 0.3) is 0 Å². The van der Waals surface area contributed by atoms with Gasteiger partial charge in [-0.2, -0.15) is 13.2 Å². The van der Waals surface area contributed by atoms with Crippen LogP contribution in [0.4, 0.5) is 23.2 Å². The average molecular weight is 249 g/mol.